The minimum Gasteiger partial charge on any atom is -0.421 e. The number of hydrogen-bond acceptors (Lipinski definition) is 6. The fourth-order valence-corrected chi connectivity index (χ4v) is 5.49. The molecule has 4 aromatic rings. The van der Waals surface area contributed by atoms with Gasteiger partial charge in [-0.25, -0.2) is 10.2 Å². The highest BCUT2D eigenvalue weighted by atomic mass is 79.9. The minimum absolute atomic E-state index is 0.0136. The zero-order chi connectivity index (χ0) is 30.9. The van der Waals surface area contributed by atoms with Crippen molar-refractivity contribution in [1.29, 1.82) is 0 Å². The van der Waals surface area contributed by atoms with Crippen LogP contribution in [-0.2, 0) is 4.79 Å². The van der Waals surface area contributed by atoms with Gasteiger partial charge >= 0.3 is 5.97 Å². The number of esters is 1. The predicted octanol–water partition coefficient (Wildman–Crippen LogP) is 7.18. The third kappa shape index (κ3) is 8.96. The Bertz CT molecular complexity index is 1710. The lowest BCUT2D eigenvalue weighted by atomic mass is 10.1. The van der Waals surface area contributed by atoms with Crippen molar-refractivity contribution >= 4 is 83.6 Å². The third-order valence-electron chi connectivity index (χ3n) is 5.91. The maximum atomic E-state index is 13.3. The van der Waals surface area contributed by atoms with Crippen LogP contribution in [0.1, 0.15) is 31.8 Å². The number of rotatable bonds is 9. The number of hydrogen-bond donors (Lipinski definition) is 2. The summed E-state index contributed by atoms with van der Waals surface area (Å²) in [6.07, 6.45) is 2.91. The first kappa shape index (κ1) is 31.9. The molecule has 4 aromatic carbocycles. The van der Waals surface area contributed by atoms with Gasteiger partial charge in [0, 0.05) is 39.9 Å². The molecule has 43 heavy (non-hydrogen) atoms. The summed E-state index contributed by atoms with van der Waals surface area (Å²) in [5, 5.41) is 6.78. The SMILES string of the molecule is CN(C)c1ccc(/C=C(/NC(=O)c2ccccc2)C(=O)N/N=C\c2cc(Br)cc(Br)c2OC(=O)c2cccc(Br)c2)cc1. The number of carbonyl (C=O) groups is 3. The molecule has 2 amide bonds. The molecule has 0 unspecified atom stereocenters. The summed E-state index contributed by atoms with van der Waals surface area (Å²) in [6.45, 7) is 0. The van der Waals surface area contributed by atoms with Gasteiger partial charge in [-0.3, -0.25) is 9.59 Å². The number of carbonyl (C=O) groups excluding carboxylic acids is 3. The second-order valence-electron chi connectivity index (χ2n) is 9.27. The van der Waals surface area contributed by atoms with Crippen molar-refractivity contribution in [3.8, 4) is 5.75 Å². The van der Waals surface area contributed by atoms with Crippen molar-refractivity contribution in [2.24, 2.45) is 5.10 Å². The summed E-state index contributed by atoms with van der Waals surface area (Å²) in [4.78, 5) is 41.0. The average molecular weight is 769 g/mol. The number of anilines is 1. The molecule has 0 spiro atoms. The molecule has 0 aromatic heterocycles. The van der Waals surface area contributed by atoms with Gasteiger partial charge in [0.1, 0.15) is 5.70 Å². The molecule has 2 N–H and O–H groups in total. The summed E-state index contributed by atoms with van der Waals surface area (Å²) < 4.78 is 7.60. The van der Waals surface area contributed by atoms with E-state index in [4.69, 9.17) is 4.74 Å². The summed E-state index contributed by atoms with van der Waals surface area (Å²) >= 11 is 10.2. The topological polar surface area (TPSA) is 100 Å². The second-order valence-corrected chi connectivity index (χ2v) is 12.0. The van der Waals surface area contributed by atoms with Crippen LogP contribution in [0.2, 0.25) is 0 Å². The molecule has 0 atom stereocenters. The number of halogens is 3. The van der Waals surface area contributed by atoms with E-state index in [-0.39, 0.29) is 11.4 Å². The molecule has 0 bridgehead atoms. The zero-order valence-corrected chi connectivity index (χ0v) is 27.7. The van der Waals surface area contributed by atoms with E-state index in [1.54, 1.807) is 72.8 Å². The Hall–Kier alpha value is -4.06. The lowest BCUT2D eigenvalue weighted by Gasteiger charge is -2.13. The molecular weight excluding hydrogens is 744 g/mol. The molecule has 0 saturated carbocycles. The van der Waals surface area contributed by atoms with E-state index in [0.717, 1.165) is 10.2 Å². The summed E-state index contributed by atoms with van der Waals surface area (Å²) in [6, 6.07) is 26.3. The second kappa shape index (κ2) is 14.9. The Morgan fingerprint density at radius 3 is 2.19 bits per heavy atom. The highest BCUT2D eigenvalue weighted by Crippen LogP contribution is 2.33. The van der Waals surface area contributed by atoms with E-state index in [0.29, 0.717) is 31.2 Å². The Morgan fingerprint density at radius 2 is 1.51 bits per heavy atom. The molecule has 0 radical (unpaired) electrons. The van der Waals surface area contributed by atoms with Gasteiger partial charge < -0.3 is 15.0 Å². The van der Waals surface area contributed by atoms with Crippen LogP contribution in [0.25, 0.3) is 6.08 Å². The van der Waals surface area contributed by atoms with E-state index in [2.05, 4.69) is 63.6 Å². The molecule has 0 saturated heterocycles. The van der Waals surface area contributed by atoms with Gasteiger partial charge in [-0.1, -0.05) is 68.3 Å². The summed E-state index contributed by atoms with van der Waals surface area (Å²) in [5.41, 5.74) is 5.28. The quantitative estimate of drug-likeness (QED) is 0.0619. The predicted molar refractivity (Wildman–Crippen MR) is 179 cm³/mol. The number of amides is 2. The molecule has 0 aliphatic rings. The number of nitrogens with one attached hydrogen (secondary N) is 2. The van der Waals surface area contributed by atoms with Gasteiger partial charge in [0.25, 0.3) is 11.8 Å². The summed E-state index contributed by atoms with van der Waals surface area (Å²) in [5.74, 6) is -1.47. The van der Waals surface area contributed by atoms with Crippen LogP contribution in [-0.4, -0.2) is 38.1 Å². The van der Waals surface area contributed by atoms with Crippen molar-refractivity contribution < 1.29 is 19.1 Å². The van der Waals surface area contributed by atoms with Crippen LogP contribution in [0, 0.1) is 0 Å². The molecular formula is C32H25Br3N4O4. The Balaban J connectivity index is 1.58. The van der Waals surface area contributed by atoms with Crippen molar-refractivity contribution in [2.45, 2.75) is 0 Å². The summed E-state index contributed by atoms with van der Waals surface area (Å²) in [7, 11) is 3.86. The van der Waals surface area contributed by atoms with Crippen molar-refractivity contribution in [1.82, 2.24) is 10.7 Å². The fourth-order valence-electron chi connectivity index (χ4n) is 3.75. The number of hydrazone groups is 1. The lowest BCUT2D eigenvalue weighted by Crippen LogP contribution is -2.32. The highest BCUT2D eigenvalue weighted by molar-refractivity contribution is 9.11. The van der Waals surface area contributed by atoms with Gasteiger partial charge in [-0.05, 0) is 82.2 Å². The number of nitrogens with zero attached hydrogens (tertiary/aromatic N) is 2. The Morgan fingerprint density at radius 1 is 0.814 bits per heavy atom. The molecule has 0 aliphatic carbocycles. The van der Waals surface area contributed by atoms with E-state index >= 15 is 0 Å². The molecule has 0 heterocycles. The van der Waals surface area contributed by atoms with E-state index in [1.165, 1.54) is 6.21 Å². The van der Waals surface area contributed by atoms with Crippen LogP contribution in [0.5, 0.6) is 5.75 Å². The first-order valence-electron chi connectivity index (χ1n) is 12.8. The van der Waals surface area contributed by atoms with E-state index in [1.807, 2.05) is 43.3 Å². The zero-order valence-electron chi connectivity index (χ0n) is 23.0. The van der Waals surface area contributed by atoms with E-state index < -0.39 is 17.8 Å². The first-order valence-corrected chi connectivity index (χ1v) is 15.1. The number of ether oxygens (including phenoxy) is 1. The number of benzene rings is 4. The lowest BCUT2D eigenvalue weighted by molar-refractivity contribution is -0.117. The molecule has 8 nitrogen and oxygen atoms in total. The molecule has 0 aliphatic heterocycles. The standard InChI is InChI=1S/C32H25Br3N4O4/c1-39(2)26-13-11-20(12-14-26)15-28(37-30(40)21-7-4-3-5-8-21)31(41)38-36-19-23-17-25(34)18-27(35)29(23)43-32(42)22-9-6-10-24(33)16-22/h3-19H,1-2H3,(H,37,40)(H,38,41)/b28-15+,36-19-. The van der Waals surface area contributed by atoms with Crippen molar-refractivity contribution in [2.75, 3.05) is 19.0 Å². The van der Waals surface area contributed by atoms with Crippen LogP contribution >= 0.6 is 47.8 Å². The smallest absolute Gasteiger partial charge is 0.343 e. The van der Waals surface area contributed by atoms with Gasteiger partial charge in [-0.15, -0.1) is 0 Å². The minimum atomic E-state index is -0.654. The average Bonchev–Trinajstić information content (AvgIpc) is 2.99. The van der Waals surface area contributed by atoms with Crippen LogP contribution in [0.3, 0.4) is 0 Å². The van der Waals surface area contributed by atoms with E-state index in [9.17, 15) is 14.4 Å². The maximum absolute atomic E-state index is 13.3. The van der Waals surface area contributed by atoms with Gasteiger partial charge in [0.15, 0.2) is 5.75 Å². The molecule has 11 heteroatoms. The van der Waals surface area contributed by atoms with Crippen LogP contribution < -0.4 is 20.4 Å². The van der Waals surface area contributed by atoms with Gasteiger partial charge in [0.2, 0.25) is 0 Å². The van der Waals surface area contributed by atoms with Gasteiger partial charge in [0.05, 0.1) is 16.3 Å². The first-order chi connectivity index (χ1) is 20.6. The Labute approximate surface area is 274 Å². The Kier molecular flexibility index (Phi) is 11.0. The maximum Gasteiger partial charge on any atom is 0.343 e. The third-order valence-corrected chi connectivity index (χ3v) is 7.45. The van der Waals surface area contributed by atoms with Crippen LogP contribution in [0.4, 0.5) is 5.69 Å². The molecule has 0 fully saturated rings. The van der Waals surface area contributed by atoms with Gasteiger partial charge in [-0.2, -0.15) is 5.10 Å². The molecule has 218 valence electrons. The van der Waals surface area contributed by atoms with Crippen molar-refractivity contribution in [3.05, 3.63) is 132 Å². The van der Waals surface area contributed by atoms with Crippen molar-refractivity contribution in [3.63, 3.8) is 0 Å². The molecule has 4 rings (SSSR count). The van der Waals surface area contributed by atoms with Crippen LogP contribution in [0.15, 0.2) is 115 Å². The normalized spacial score (nSPS) is 11.2. The fraction of sp³-hybridized carbons (Fsp3) is 0.0625. The highest BCUT2D eigenvalue weighted by Gasteiger charge is 2.17. The largest absolute Gasteiger partial charge is 0.421 e. The monoisotopic (exact) mass is 766 g/mol.